The van der Waals surface area contributed by atoms with Crippen LogP contribution in [-0.4, -0.2) is 55.5 Å². The number of rotatable bonds is 8. The fourth-order valence-corrected chi connectivity index (χ4v) is 4.28. The highest BCUT2D eigenvalue weighted by atomic mass is 35.5. The van der Waals surface area contributed by atoms with Crippen LogP contribution in [0.25, 0.3) is 0 Å². The van der Waals surface area contributed by atoms with Gasteiger partial charge >= 0.3 is 0 Å². The van der Waals surface area contributed by atoms with Gasteiger partial charge in [0.2, 0.25) is 0 Å². The number of methoxy groups -OCH3 is 1. The zero-order valence-electron chi connectivity index (χ0n) is 17.7. The van der Waals surface area contributed by atoms with Gasteiger partial charge < -0.3 is 14.5 Å². The zero-order chi connectivity index (χ0) is 21.5. The molecule has 1 aliphatic rings. The van der Waals surface area contributed by atoms with Gasteiger partial charge in [-0.1, -0.05) is 23.7 Å². The molecule has 6 heteroatoms. The van der Waals surface area contributed by atoms with Crippen LogP contribution in [0.1, 0.15) is 35.7 Å². The van der Waals surface area contributed by atoms with Crippen molar-refractivity contribution >= 4 is 17.5 Å². The van der Waals surface area contributed by atoms with Gasteiger partial charge in [-0.05, 0) is 74.5 Å². The number of ether oxygens (including phenoxy) is 1. The zero-order valence-corrected chi connectivity index (χ0v) is 18.5. The maximum absolute atomic E-state index is 14.2. The summed E-state index contributed by atoms with van der Waals surface area (Å²) < 4.78 is 19.5. The number of carbonyl (C=O) groups excluding carboxylic acids is 1. The smallest absolute Gasteiger partial charge is 0.256 e. The molecule has 0 unspecified atom stereocenters. The minimum Gasteiger partial charge on any atom is -0.497 e. The average molecular weight is 433 g/mol. The lowest BCUT2D eigenvalue weighted by Gasteiger charge is -2.35. The van der Waals surface area contributed by atoms with Gasteiger partial charge in [-0.2, -0.15) is 0 Å². The molecule has 1 aliphatic heterocycles. The minimum atomic E-state index is -0.561. The summed E-state index contributed by atoms with van der Waals surface area (Å²) in [7, 11) is 1.69. The summed E-state index contributed by atoms with van der Waals surface area (Å²) in [6, 6.07) is 12.4. The van der Waals surface area contributed by atoms with Gasteiger partial charge in [-0.25, -0.2) is 4.39 Å². The monoisotopic (exact) mass is 432 g/mol. The Hall–Kier alpha value is -2.11. The van der Waals surface area contributed by atoms with Crippen LogP contribution in [0.2, 0.25) is 5.02 Å². The third kappa shape index (κ3) is 5.96. The van der Waals surface area contributed by atoms with Crippen molar-refractivity contribution in [1.29, 1.82) is 0 Å². The van der Waals surface area contributed by atoms with Crippen LogP contribution in [-0.2, 0) is 6.42 Å². The second-order valence-electron chi connectivity index (χ2n) is 7.88. The molecule has 1 amide bonds. The molecule has 0 spiro atoms. The Morgan fingerprint density at radius 2 is 2.13 bits per heavy atom. The fourth-order valence-electron chi connectivity index (χ4n) is 4.12. The Morgan fingerprint density at radius 1 is 1.30 bits per heavy atom. The third-order valence-electron chi connectivity index (χ3n) is 5.76. The van der Waals surface area contributed by atoms with Crippen LogP contribution in [0.4, 0.5) is 4.39 Å². The van der Waals surface area contributed by atoms with Crippen molar-refractivity contribution in [1.82, 2.24) is 9.80 Å². The van der Waals surface area contributed by atoms with Crippen molar-refractivity contribution in [2.45, 2.75) is 26.2 Å². The second-order valence-corrected chi connectivity index (χ2v) is 8.31. The largest absolute Gasteiger partial charge is 0.497 e. The van der Waals surface area contributed by atoms with Crippen molar-refractivity contribution in [3.63, 3.8) is 0 Å². The number of carbonyl (C=O) groups is 1. The number of amides is 1. The van der Waals surface area contributed by atoms with Crippen LogP contribution in [0.15, 0.2) is 42.5 Å². The van der Waals surface area contributed by atoms with E-state index in [-0.39, 0.29) is 11.5 Å². The Bertz CT molecular complexity index is 861. The summed E-state index contributed by atoms with van der Waals surface area (Å²) >= 11 is 5.82. The standard InChI is InChI=1S/C24H30ClFN2O2/c1-3-28(24(29)22-10-9-20(25)15-23(22)26)17-19-7-5-12-27(16-19)13-11-18-6-4-8-21(14-18)30-2/h4,6,8-10,14-15,19H,3,5,7,11-13,16-17H2,1-2H3/t19-/m1/s1. The molecular formula is C24H30ClFN2O2. The van der Waals surface area contributed by atoms with E-state index < -0.39 is 5.82 Å². The molecule has 162 valence electrons. The maximum Gasteiger partial charge on any atom is 0.256 e. The first-order chi connectivity index (χ1) is 14.5. The van der Waals surface area contributed by atoms with E-state index in [9.17, 15) is 9.18 Å². The molecule has 0 aliphatic carbocycles. The van der Waals surface area contributed by atoms with Crippen LogP contribution in [0, 0.1) is 11.7 Å². The molecule has 1 fully saturated rings. The van der Waals surface area contributed by atoms with Gasteiger partial charge in [0, 0.05) is 31.2 Å². The topological polar surface area (TPSA) is 32.8 Å². The summed E-state index contributed by atoms with van der Waals surface area (Å²) in [6.45, 7) is 6.15. The van der Waals surface area contributed by atoms with Crippen LogP contribution >= 0.6 is 11.6 Å². The molecule has 0 bridgehead atoms. The average Bonchev–Trinajstić information content (AvgIpc) is 2.76. The molecule has 1 saturated heterocycles. The van der Waals surface area contributed by atoms with E-state index >= 15 is 0 Å². The highest BCUT2D eigenvalue weighted by Gasteiger charge is 2.25. The minimum absolute atomic E-state index is 0.0898. The predicted octanol–water partition coefficient (Wildman–Crippen LogP) is 4.90. The van der Waals surface area contributed by atoms with Crippen LogP contribution < -0.4 is 4.74 Å². The molecular weight excluding hydrogens is 403 g/mol. The molecule has 0 saturated carbocycles. The van der Waals surface area contributed by atoms with Crippen molar-refractivity contribution in [2.75, 3.05) is 39.8 Å². The van der Waals surface area contributed by atoms with E-state index in [4.69, 9.17) is 16.3 Å². The fraction of sp³-hybridized carbons (Fsp3) is 0.458. The number of likely N-dealkylation sites (tertiary alicyclic amines) is 1. The van der Waals surface area contributed by atoms with E-state index in [2.05, 4.69) is 17.0 Å². The molecule has 0 aromatic heterocycles. The molecule has 4 nitrogen and oxygen atoms in total. The van der Waals surface area contributed by atoms with Gasteiger partial charge in [0.25, 0.3) is 5.91 Å². The number of nitrogens with zero attached hydrogens (tertiary/aromatic N) is 2. The number of hydrogen-bond acceptors (Lipinski definition) is 3. The summed E-state index contributed by atoms with van der Waals surface area (Å²) in [5, 5.41) is 0.297. The van der Waals surface area contributed by atoms with Gasteiger partial charge in [0.1, 0.15) is 11.6 Å². The summed E-state index contributed by atoms with van der Waals surface area (Å²) in [4.78, 5) is 17.1. The lowest BCUT2D eigenvalue weighted by molar-refractivity contribution is 0.0686. The third-order valence-corrected chi connectivity index (χ3v) is 6.00. The van der Waals surface area contributed by atoms with Gasteiger partial charge in [0.05, 0.1) is 12.7 Å². The first-order valence-corrected chi connectivity index (χ1v) is 11.0. The second kappa shape index (κ2) is 10.8. The highest BCUT2D eigenvalue weighted by Crippen LogP contribution is 2.21. The van der Waals surface area contributed by atoms with E-state index in [1.54, 1.807) is 18.1 Å². The molecule has 0 radical (unpaired) electrons. The summed E-state index contributed by atoms with van der Waals surface area (Å²) in [5.41, 5.74) is 1.35. The van der Waals surface area contributed by atoms with Crippen molar-refractivity contribution in [2.24, 2.45) is 5.92 Å². The summed E-state index contributed by atoms with van der Waals surface area (Å²) in [5.74, 6) is 0.452. The van der Waals surface area contributed by atoms with E-state index in [0.717, 1.165) is 44.6 Å². The van der Waals surface area contributed by atoms with E-state index in [1.807, 2.05) is 19.1 Å². The number of halogens is 2. The van der Waals surface area contributed by atoms with Crippen molar-refractivity contribution in [3.05, 3.63) is 64.4 Å². The first-order valence-electron chi connectivity index (χ1n) is 10.6. The predicted molar refractivity (Wildman–Crippen MR) is 119 cm³/mol. The number of piperidine rings is 1. The lowest BCUT2D eigenvalue weighted by atomic mass is 9.96. The Morgan fingerprint density at radius 3 is 2.87 bits per heavy atom. The van der Waals surface area contributed by atoms with Crippen LogP contribution in [0.3, 0.4) is 0 Å². The lowest BCUT2D eigenvalue weighted by Crippen LogP contribution is -2.43. The van der Waals surface area contributed by atoms with Crippen molar-refractivity contribution < 1.29 is 13.9 Å². The molecule has 0 N–H and O–H groups in total. The highest BCUT2D eigenvalue weighted by molar-refractivity contribution is 6.30. The summed E-state index contributed by atoms with van der Waals surface area (Å²) in [6.07, 6.45) is 3.17. The number of benzene rings is 2. The first kappa shape index (κ1) is 22.6. The Kier molecular flexibility index (Phi) is 8.11. The Labute approximate surface area is 183 Å². The SMILES string of the molecule is CCN(C[C@@H]1CCCN(CCc2cccc(OC)c2)C1)C(=O)c1ccc(Cl)cc1F. The molecule has 30 heavy (non-hydrogen) atoms. The van der Waals surface area contributed by atoms with Gasteiger partial charge in [0.15, 0.2) is 0 Å². The number of hydrogen-bond donors (Lipinski definition) is 0. The molecule has 2 aromatic carbocycles. The van der Waals surface area contributed by atoms with E-state index in [1.165, 1.54) is 17.7 Å². The van der Waals surface area contributed by atoms with Crippen LogP contribution in [0.5, 0.6) is 5.75 Å². The molecule has 1 heterocycles. The van der Waals surface area contributed by atoms with E-state index in [0.29, 0.717) is 24.0 Å². The molecule has 2 aromatic rings. The quantitative estimate of drug-likeness (QED) is 0.594. The van der Waals surface area contributed by atoms with Crippen molar-refractivity contribution in [3.8, 4) is 5.75 Å². The molecule has 1 atom stereocenters. The Balaban J connectivity index is 1.56. The normalized spacial score (nSPS) is 17.0. The van der Waals surface area contributed by atoms with Gasteiger partial charge in [-0.15, -0.1) is 0 Å². The van der Waals surface area contributed by atoms with Gasteiger partial charge in [-0.3, -0.25) is 4.79 Å². The maximum atomic E-state index is 14.2. The molecule has 3 rings (SSSR count).